The summed E-state index contributed by atoms with van der Waals surface area (Å²) in [5.74, 6) is 1.80. The van der Waals surface area contributed by atoms with Crippen molar-refractivity contribution in [2.24, 2.45) is 0 Å². The molecule has 0 saturated heterocycles. The summed E-state index contributed by atoms with van der Waals surface area (Å²) in [7, 11) is 6.11. The lowest BCUT2D eigenvalue weighted by molar-refractivity contribution is -0.114. The first-order valence-electron chi connectivity index (χ1n) is 7.69. The molecule has 0 radical (unpaired) electrons. The van der Waals surface area contributed by atoms with Gasteiger partial charge in [-0.1, -0.05) is 11.6 Å². The van der Waals surface area contributed by atoms with E-state index in [1.54, 1.807) is 44.6 Å². The van der Waals surface area contributed by atoms with Gasteiger partial charge in [0.05, 0.1) is 45.7 Å². The number of rotatable bonds is 8. The molecule has 2 aromatic rings. The number of methoxy groups -OCH3 is 4. The number of carbonyl (C=O) groups is 1. The van der Waals surface area contributed by atoms with E-state index in [0.717, 1.165) is 5.69 Å². The zero-order chi connectivity index (χ0) is 19.1. The molecule has 0 spiro atoms. The average Bonchev–Trinajstić information content (AvgIpc) is 2.66. The molecule has 140 valence electrons. The normalized spacial score (nSPS) is 10.0. The summed E-state index contributed by atoms with van der Waals surface area (Å²) in [5.41, 5.74) is 1.19. The number of halogens is 1. The van der Waals surface area contributed by atoms with Crippen molar-refractivity contribution in [2.75, 3.05) is 45.6 Å². The lowest BCUT2D eigenvalue weighted by Gasteiger charge is -2.14. The molecule has 0 aromatic heterocycles. The van der Waals surface area contributed by atoms with Gasteiger partial charge in [-0.15, -0.1) is 0 Å². The van der Waals surface area contributed by atoms with Crippen LogP contribution in [-0.4, -0.2) is 40.9 Å². The summed E-state index contributed by atoms with van der Waals surface area (Å²) in [6.07, 6.45) is 0. The van der Waals surface area contributed by atoms with Gasteiger partial charge in [0.2, 0.25) is 5.91 Å². The van der Waals surface area contributed by atoms with Crippen LogP contribution in [0.2, 0.25) is 5.02 Å². The highest BCUT2D eigenvalue weighted by molar-refractivity contribution is 6.32. The predicted molar refractivity (Wildman–Crippen MR) is 101 cm³/mol. The van der Waals surface area contributed by atoms with Crippen LogP contribution < -0.4 is 29.6 Å². The van der Waals surface area contributed by atoms with E-state index in [-0.39, 0.29) is 12.5 Å². The number of carbonyl (C=O) groups excluding carboxylic acids is 1. The Balaban J connectivity index is 2.05. The smallest absolute Gasteiger partial charge is 0.243 e. The van der Waals surface area contributed by atoms with Gasteiger partial charge < -0.3 is 29.6 Å². The van der Waals surface area contributed by atoms with Crippen molar-refractivity contribution in [1.82, 2.24) is 0 Å². The van der Waals surface area contributed by atoms with E-state index in [0.29, 0.717) is 33.7 Å². The van der Waals surface area contributed by atoms with Crippen LogP contribution in [0.1, 0.15) is 0 Å². The molecule has 0 unspecified atom stereocenters. The highest BCUT2D eigenvalue weighted by Gasteiger charge is 2.13. The highest BCUT2D eigenvalue weighted by Crippen LogP contribution is 2.36. The maximum Gasteiger partial charge on any atom is 0.243 e. The van der Waals surface area contributed by atoms with E-state index in [1.165, 1.54) is 14.2 Å². The Bertz CT molecular complexity index is 782. The number of amides is 1. The molecule has 2 aromatic carbocycles. The minimum absolute atomic E-state index is 0.0452. The molecule has 0 saturated carbocycles. The summed E-state index contributed by atoms with van der Waals surface area (Å²) in [5, 5.41) is 6.18. The van der Waals surface area contributed by atoms with Gasteiger partial charge in [-0.3, -0.25) is 4.79 Å². The standard InChI is InChI=1S/C18H21ClN2O5/c1-23-14-6-5-11(7-17(14)26-4)20-10-18(22)21-13-9-15(24-2)12(19)8-16(13)25-3/h5-9,20H,10H2,1-4H3,(H,21,22). The van der Waals surface area contributed by atoms with E-state index in [4.69, 9.17) is 30.5 Å². The van der Waals surface area contributed by atoms with Crippen LogP contribution in [0.5, 0.6) is 23.0 Å². The van der Waals surface area contributed by atoms with Crippen molar-refractivity contribution in [3.8, 4) is 23.0 Å². The van der Waals surface area contributed by atoms with Gasteiger partial charge in [0, 0.05) is 23.9 Å². The highest BCUT2D eigenvalue weighted by atomic mass is 35.5. The monoisotopic (exact) mass is 380 g/mol. The largest absolute Gasteiger partial charge is 0.495 e. The third-order valence-corrected chi connectivity index (χ3v) is 3.88. The van der Waals surface area contributed by atoms with Crippen molar-refractivity contribution in [1.29, 1.82) is 0 Å². The quantitative estimate of drug-likeness (QED) is 0.730. The Hall–Kier alpha value is -2.80. The Morgan fingerprint density at radius 2 is 1.54 bits per heavy atom. The lowest BCUT2D eigenvalue weighted by atomic mass is 10.2. The Labute approximate surface area is 157 Å². The molecule has 26 heavy (non-hydrogen) atoms. The van der Waals surface area contributed by atoms with Crippen LogP contribution in [0.4, 0.5) is 11.4 Å². The van der Waals surface area contributed by atoms with E-state index in [1.807, 2.05) is 0 Å². The summed E-state index contributed by atoms with van der Waals surface area (Å²) in [4.78, 5) is 12.3. The SMILES string of the molecule is COc1cc(NC(=O)CNc2ccc(OC)c(OC)c2)c(OC)cc1Cl. The molecule has 2 N–H and O–H groups in total. The minimum atomic E-state index is -0.262. The van der Waals surface area contributed by atoms with Gasteiger partial charge in [-0.05, 0) is 12.1 Å². The van der Waals surface area contributed by atoms with Crippen LogP contribution in [0.25, 0.3) is 0 Å². The summed E-state index contributed by atoms with van der Waals surface area (Å²) in [6, 6.07) is 8.48. The minimum Gasteiger partial charge on any atom is -0.495 e. The van der Waals surface area contributed by atoms with E-state index >= 15 is 0 Å². The molecular formula is C18H21ClN2O5. The van der Waals surface area contributed by atoms with Gasteiger partial charge in [-0.2, -0.15) is 0 Å². The number of benzene rings is 2. The molecule has 8 heteroatoms. The van der Waals surface area contributed by atoms with Crippen molar-refractivity contribution in [3.63, 3.8) is 0 Å². The second-order valence-corrected chi connectivity index (χ2v) is 5.57. The van der Waals surface area contributed by atoms with Gasteiger partial charge in [0.1, 0.15) is 11.5 Å². The maximum atomic E-state index is 12.3. The fourth-order valence-corrected chi connectivity index (χ4v) is 2.51. The first-order valence-corrected chi connectivity index (χ1v) is 8.07. The lowest BCUT2D eigenvalue weighted by Crippen LogP contribution is -2.22. The zero-order valence-electron chi connectivity index (χ0n) is 15.0. The summed E-state index contributed by atoms with van der Waals surface area (Å²) < 4.78 is 20.8. The Kier molecular flexibility index (Phi) is 6.80. The first-order chi connectivity index (χ1) is 12.5. The van der Waals surface area contributed by atoms with E-state index in [2.05, 4.69) is 10.6 Å². The van der Waals surface area contributed by atoms with Gasteiger partial charge in [0.25, 0.3) is 0 Å². The molecule has 0 aliphatic carbocycles. The third-order valence-electron chi connectivity index (χ3n) is 3.58. The fraction of sp³-hybridized carbons (Fsp3) is 0.278. The third kappa shape index (κ3) is 4.64. The first kappa shape index (κ1) is 19.5. The number of anilines is 2. The second-order valence-electron chi connectivity index (χ2n) is 5.16. The van der Waals surface area contributed by atoms with Crippen molar-refractivity contribution < 1.29 is 23.7 Å². The summed E-state index contributed by atoms with van der Waals surface area (Å²) in [6.45, 7) is 0.0452. The van der Waals surface area contributed by atoms with Crippen LogP contribution in [0.3, 0.4) is 0 Å². The molecule has 0 bridgehead atoms. The van der Waals surface area contributed by atoms with Crippen molar-refractivity contribution in [3.05, 3.63) is 35.4 Å². The van der Waals surface area contributed by atoms with E-state index < -0.39 is 0 Å². The average molecular weight is 381 g/mol. The molecule has 0 aliphatic rings. The van der Waals surface area contributed by atoms with Gasteiger partial charge in [0.15, 0.2) is 11.5 Å². The van der Waals surface area contributed by atoms with Crippen LogP contribution in [0, 0.1) is 0 Å². The second kappa shape index (κ2) is 9.05. The number of hydrogen-bond acceptors (Lipinski definition) is 6. The topological polar surface area (TPSA) is 78.1 Å². The molecule has 0 fully saturated rings. The van der Waals surface area contributed by atoms with Crippen LogP contribution in [-0.2, 0) is 4.79 Å². The predicted octanol–water partition coefficient (Wildman–Crippen LogP) is 3.43. The fourth-order valence-electron chi connectivity index (χ4n) is 2.28. The van der Waals surface area contributed by atoms with Gasteiger partial charge >= 0.3 is 0 Å². The Morgan fingerprint density at radius 1 is 0.885 bits per heavy atom. The van der Waals surface area contributed by atoms with Crippen LogP contribution in [0.15, 0.2) is 30.3 Å². The number of nitrogens with one attached hydrogen (secondary N) is 2. The van der Waals surface area contributed by atoms with Crippen LogP contribution >= 0.6 is 11.6 Å². The van der Waals surface area contributed by atoms with Crippen molar-refractivity contribution in [2.45, 2.75) is 0 Å². The number of hydrogen-bond donors (Lipinski definition) is 2. The van der Waals surface area contributed by atoms with Crippen molar-refractivity contribution >= 4 is 28.9 Å². The molecule has 0 heterocycles. The van der Waals surface area contributed by atoms with E-state index in [9.17, 15) is 4.79 Å². The zero-order valence-corrected chi connectivity index (χ0v) is 15.8. The Morgan fingerprint density at radius 3 is 2.15 bits per heavy atom. The molecule has 1 amide bonds. The van der Waals surface area contributed by atoms with Gasteiger partial charge in [-0.25, -0.2) is 0 Å². The molecule has 0 atom stereocenters. The molecule has 0 aliphatic heterocycles. The number of ether oxygens (including phenoxy) is 4. The summed E-state index contributed by atoms with van der Waals surface area (Å²) >= 11 is 6.06. The molecular weight excluding hydrogens is 360 g/mol. The molecule has 2 rings (SSSR count). The maximum absolute atomic E-state index is 12.3. The molecule has 7 nitrogen and oxygen atoms in total.